The molecule has 0 saturated heterocycles. The molecule has 6 heteroatoms. The molecule has 0 aliphatic heterocycles. The van der Waals surface area contributed by atoms with Gasteiger partial charge in [0.2, 0.25) is 0 Å². The van der Waals surface area contributed by atoms with Gasteiger partial charge in [0.25, 0.3) is 0 Å². The predicted molar refractivity (Wildman–Crippen MR) is 2.06 cm³/mol. The largest absolute Gasteiger partial charge is 4.00 e. The first-order chi connectivity index (χ1) is 0. The van der Waals surface area contributed by atoms with Gasteiger partial charge in [-0.3, -0.25) is 0 Å². The zero-order chi connectivity index (χ0) is 0. The Kier molecular flexibility index (Phi) is 1260. The summed E-state index contributed by atoms with van der Waals surface area (Å²) in [5.74, 6) is 0. The first-order valence-electron chi connectivity index (χ1n) is 0. The number of hydrogen-bond donors (Lipinski definition) is 0. The van der Waals surface area contributed by atoms with Crippen molar-refractivity contribution in [2.24, 2.45) is 0 Å². The molecule has 0 aliphatic carbocycles. The van der Waals surface area contributed by atoms with Crippen molar-refractivity contribution >= 4 is 0 Å². The van der Waals surface area contributed by atoms with E-state index in [9.17, 15) is 0 Å². The Morgan fingerprint density at radius 2 is 0.500 bits per heavy atom. The molecular weight excluding hydrogens is 200 g/mol. The van der Waals surface area contributed by atoms with Crippen molar-refractivity contribution in [3.05, 3.63) is 0 Å². The third kappa shape index (κ3) is 40.7. The summed E-state index contributed by atoms with van der Waals surface area (Å²) in [4.78, 5) is 0. The van der Waals surface area contributed by atoms with E-state index in [0.717, 1.165) is 0 Å². The van der Waals surface area contributed by atoms with Crippen LogP contribution >= 0.6 is 0 Å². The summed E-state index contributed by atoms with van der Waals surface area (Å²) >= 11 is 0. The monoisotopic (exact) mass is 200 g/mol. The van der Waals surface area contributed by atoms with Gasteiger partial charge in [-0.2, -0.15) is 0 Å². The van der Waals surface area contributed by atoms with Gasteiger partial charge in [-0.1, -0.05) is 0 Å². The molecule has 0 aromatic carbocycles. The maximum Gasteiger partial charge on any atom is 4.00 e. The van der Waals surface area contributed by atoms with Crippen LogP contribution in [0.15, 0.2) is 0 Å². The van der Waals surface area contributed by atoms with Crippen LogP contribution in [0, 0.1) is 0 Å². The quantitative estimate of drug-likeness (QED) is 0.477. The van der Waals surface area contributed by atoms with E-state index >= 15 is 0 Å². The Bertz CT molecular complexity index is 8.75. The van der Waals surface area contributed by atoms with Crippen molar-refractivity contribution in [1.29, 1.82) is 0 Å². The summed E-state index contributed by atoms with van der Waals surface area (Å²) < 4.78 is 0. The van der Waals surface area contributed by atoms with Crippen LogP contribution in [0.5, 0.6) is 0 Å². The average molecular weight is 200 g/mol. The molecule has 0 saturated carbocycles. The number of rotatable bonds is 0. The van der Waals surface area contributed by atoms with Crippen LogP contribution < -0.4 is 0 Å². The molecule has 0 bridgehead atoms. The molecule has 0 unspecified atom stereocenters. The average Bonchev–Trinajstić information content (AvgIpc) is 0. The fraction of sp³-hybridized carbons (Fsp3) is 0. The van der Waals surface area contributed by atoms with E-state index in [4.69, 9.17) is 0 Å². The smallest absolute Gasteiger partial charge is 2.00 e. The number of hydrogen-bond acceptors (Lipinski definition) is 0. The molecule has 0 spiro atoms. The molecule has 0 atom stereocenters. The van der Waals surface area contributed by atoms with Gasteiger partial charge in [0.05, 0.1) is 0 Å². The van der Waals surface area contributed by atoms with Gasteiger partial charge in [0.15, 0.2) is 0 Å². The topological polar surface area (TPSA) is 85.5 Å². The molecule has 30 valence electrons. The van der Waals surface area contributed by atoms with Crippen molar-refractivity contribution < 1.29 is 76.9 Å². The molecule has 0 radical (unpaired) electrons. The third-order valence-electron chi connectivity index (χ3n) is 0. The van der Waals surface area contributed by atoms with Crippen molar-refractivity contribution in [1.82, 2.24) is 0 Å². The van der Waals surface area contributed by atoms with Gasteiger partial charge in [-0.15, -0.1) is 0 Å². The second-order valence-electron chi connectivity index (χ2n) is 0. The van der Waals surface area contributed by atoms with Crippen LogP contribution in [0.4, 0.5) is 0 Å². The summed E-state index contributed by atoms with van der Waals surface area (Å²) in [5.41, 5.74) is 0. The SMILES string of the molecule is [Fe+2].[O-2].[O-2].[O-2].[Ti+4].[Ti+4]. The van der Waals surface area contributed by atoms with Gasteiger partial charge in [0, 0.05) is 0 Å². The summed E-state index contributed by atoms with van der Waals surface area (Å²) in [5, 5.41) is 0. The van der Waals surface area contributed by atoms with Gasteiger partial charge in [-0.05, 0) is 0 Å². The Labute approximate surface area is 76.4 Å². The molecular formula is FeO3Ti2+4. The summed E-state index contributed by atoms with van der Waals surface area (Å²) in [6, 6.07) is 0. The van der Waals surface area contributed by atoms with Gasteiger partial charge in [-0.25, -0.2) is 0 Å². The van der Waals surface area contributed by atoms with Crippen LogP contribution in [0.3, 0.4) is 0 Å². The van der Waals surface area contributed by atoms with E-state index in [2.05, 4.69) is 0 Å². The molecule has 0 heterocycles. The summed E-state index contributed by atoms with van der Waals surface area (Å²) in [6.45, 7) is 0. The molecule has 0 aromatic heterocycles. The van der Waals surface area contributed by atoms with Crippen molar-refractivity contribution in [2.45, 2.75) is 0 Å². The standard InChI is InChI=1S/Fe.3O.2Ti/q+2;3*-2;2*+4. The Balaban J connectivity index is 0. The van der Waals surface area contributed by atoms with E-state index in [1.165, 1.54) is 0 Å². The van der Waals surface area contributed by atoms with Crippen LogP contribution in [-0.2, 0) is 76.9 Å². The zero-order valence-corrected chi connectivity index (χ0v) is 6.81. The first-order valence-corrected chi connectivity index (χ1v) is 0. The second-order valence-corrected chi connectivity index (χ2v) is 0. The zero-order valence-electron chi connectivity index (χ0n) is 2.58. The summed E-state index contributed by atoms with van der Waals surface area (Å²) in [7, 11) is 0. The predicted octanol–water partition coefficient (Wildman–Crippen LogP) is -0.364. The van der Waals surface area contributed by atoms with Crippen molar-refractivity contribution in [3.8, 4) is 0 Å². The maximum atomic E-state index is 0. The van der Waals surface area contributed by atoms with Crippen LogP contribution in [0.25, 0.3) is 0 Å². The Morgan fingerprint density at radius 3 is 0.500 bits per heavy atom. The van der Waals surface area contributed by atoms with Crippen LogP contribution in [-0.4, -0.2) is 0 Å². The van der Waals surface area contributed by atoms with E-state index in [0.29, 0.717) is 0 Å². The minimum absolute atomic E-state index is 0. The molecule has 0 aliphatic rings. The molecule has 0 aromatic rings. The van der Waals surface area contributed by atoms with Gasteiger partial charge < -0.3 is 16.4 Å². The van der Waals surface area contributed by atoms with E-state index in [1.54, 1.807) is 0 Å². The minimum Gasteiger partial charge on any atom is -2.00 e. The van der Waals surface area contributed by atoms with Crippen LogP contribution in [0.2, 0.25) is 0 Å². The van der Waals surface area contributed by atoms with Crippen molar-refractivity contribution in [2.75, 3.05) is 0 Å². The van der Waals surface area contributed by atoms with Gasteiger partial charge in [0.1, 0.15) is 0 Å². The fourth-order valence-electron chi connectivity index (χ4n) is 0. The Morgan fingerprint density at radius 1 is 0.500 bits per heavy atom. The van der Waals surface area contributed by atoms with Crippen molar-refractivity contribution in [3.63, 3.8) is 0 Å². The minimum atomic E-state index is 0. The van der Waals surface area contributed by atoms with E-state index in [1.807, 2.05) is 0 Å². The third-order valence-corrected chi connectivity index (χ3v) is 0. The molecule has 0 fully saturated rings. The van der Waals surface area contributed by atoms with Gasteiger partial charge >= 0.3 is 60.5 Å². The molecule has 0 rings (SSSR count). The normalized spacial score (nSPS) is 0. The second kappa shape index (κ2) is 69.4. The molecule has 0 amide bonds. The molecule has 3 nitrogen and oxygen atoms in total. The molecule has 6 heavy (non-hydrogen) atoms. The van der Waals surface area contributed by atoms with E-state index < -0.39 is 0 Å². The maximum absolute atomic E-state index is 0. The Hall–Kier alpha value is 1.83. The van der Waals surface area contributed by atoms with Crippen LogP contribution in [0.1, 0.15) is 0 Å². The van der Waals surface area contributed by atoms with E-state index in [-0.39, 0.29) is 76.9 Å². The molecule has 0 N–H and O–H groups in total. The fourth-order valence-corrected chi connectivity index (χ4v) is 0. The summed E-state index contributed by atoms with van der Waals surface area (Å²) in [6.07, 6.45) is 0. The first kappa shape index (κ1) is 109.